The molecular weight excluding hydrogens is 278 g/mol. The van der Waals surface area contributed by atoms with Crippen LogP contribution in [0.15, 0.2) is 59.8 Å². The van der Waals surface area contributed by atoms with Crippen LogP contribution in [0.2, 0.25) is 0 Å². The molecule has 0 heterocycles. The zero-order valence-electron chi connectivity index (χ0n) is 12.5. The Hall–Kier alpha value is -2.62. The van der Waals surface area contributed by atoms with E-state index in [4.69, 9.17) is 4.74 Å². The van der Waals surface area contributed by atoms with Crippen molar-refractivity contribution in [1.29, 1.82) is 0 Å². The van der Waals surface area contributed by atoms with E-state index in [0.717, 1.165) is 12.0 Å². The third kappa shape index (κ3) is 4.45. The van der Waals surface area contributed by atoms with E-state index in [0.29, 0.717) is 12.2 Å². The first-order chi connectivity index (χ1) is 10.7. The minimum Gasteiger partial charge on any atom is -0.504 e. The van der Waals surface area contributed by atoms with Crippen molar-refractivity contribution >= 4 is 6.08 Å². The number of methoxy groups -OCH3 is 1. The number of benzene rings is 2. The molecule has 1 unspecified atom stereocenters. The third-order valence-electron chi connectivity index (χ3n) is 3.42. The van der Waals surface area contributed by atoms with E-state index in [1.54, 1.807) is 24.3 Å². The lowest BCUT2D eigenvalue weighted by atomic mass is 10.0. The van der Waals surface area contributed by atoms with Gasteiger partial charge < -0.3 is 9.84 Å². The highest BCUT2D eigenvalue weighted by Gasteiger charge is 2.06. The van der Waals surface area contributed by atoms with Crippen LogP contribution >= 0.6 is 0 Å². The smallest absolute Gasteiger partial charge is 0.161 e. The Morgan fingerprint density at radius 2 is 2.00 bits per heavy atom. The number of aryl methyl sites for hydroxylation is 1. The second-order valence-corrected chi connectivity index (χ2v) is 4.99. The topological polar surface area (TPSA) is 58.9 Å². The Bertz CT molecular complexity index is 638. The molecule has 2 aromatic rings. The molecule has 2 rings (SSSR count). The van der Waals surface area contributed by atoms with Gasteiger partial charge in [0.2, 0.25) is 0 Å². The summed E-state index contributed by atoms with van der Waals surface area (Å²) in [5.41, 5.74) is 2.04. The zero-order valence-corrected chi connectivity index (χ0v) is 12.5. The lowest BCUT2D eigenvalue weighted by molar-refractivity contribution is 0.373. The summed E-state index contributed by atoms with van der Waals surface area (Å²) in [6.07, 6.45) is 5.07. The molecule has 4 heteroatoms. The lowest BCUT2D eigenvalue weighted by Gasteiger charge is -2.06. The lowest BCUT2D eigenvalue weighted by Crippen LogP contribution is -2.01. The van der Waals surface area contributed by atoms with Gasteiger partial charge in [0.25, 0.3) is 0 Å². The molecule has 1 N–H and O–H groups in total. The van der Waals surface area contributed by atoms with Gasteiger partial charge in [0.15, 0.2) is 11.5 Å². The molecule has 0 amide bonds. The van der Waals surface area contributed by atoms with Gasteiger partial charge in [-0.1, -0.05) is 53.7 Å². The third-order valence-corrected chi connectivity index (χ3v) is 3.42. The number of aromatic hydroxyl groups is 1. The van der Waals surface area contributed by atoms with Crippen molar-refractivity contribution in [3.05, 3.63) is 70.6 Å². The number of rotatable bonds is 7. The Morgan fingerprint density at radius 1 is 1.23 bits per heavy atom. The molecule has 0 bridgehead atoms. The predicted molar refractivity (Wildman–Crippen MR) is 88.0 cm³/mol. The molecule has 0 aliphatic heterocycles. The molecule has 2 aromatic carbocycles. The molecule has 4 nitrogen and oxygen atoms in total. The van der Waals surface area contributed by atoms with Gasteiger partial charge >= 0.3 is 0 Å². The van der Waals surface area contributed by atoms with Crippen molar-refractivity contribution in [2.24, 2.45) is 5.18 Å². The van der Waals surface area contributed by atoms with E-state index in [1.165, 1.54) is 12.7 Å². The van der Waals surface area contributed by atoms with Crippen LogP contribution in [0.4, 0.5) is 0 Å². The zero-order chi connectivity index (χ0) is 15.8. The number of phenolic OH excluding ortho intramolecular Hbond substituents is 1. The van der Waals surface area contributed by atoms with Crippen LogP contribution in [-0.2, 0) is 6.42 Å². The van der Waals surface area contributed by atoms with Crippen LogP contribution in [0, 0.1) is 4.91 Å². The molecule has 0 radical (unpaired) electrons. The quantitative estimate of drug-likeness (QED) is 0.780. The van der Waals surface area contributed by atoms with E-state index < -0.39 is 0 Å². The van der Waals surface area contributed by atoms with E-state index in [2.05, 4.69) is 5.18 Å². The second-order valence-electron chi connectivity index (χ2n) is 4.99. The summed E-state index contributed by atoms with van der Waals surface area (Å²) < 4.78 is 5.06. The second kappa shape index (κ2) is 7.98. The Labute approximate surface area is 130 Å². The fraction of sp³-hybridized carbons (Fsp3) is 0.222. The number of hydrogen-bond acceptors (Lipinski definition) is 4. The Morgan fingerprint density at radius 3 is 2.68 bits per heavy atom. The van der Waals surface area contributed by atoms with Gasteiger partial charge in [-0.15, -0.1) is 0 Å². The van der Waals surface area contributed by atoms with Crippen molar-refractivity contribution in [3.63, 3.8) is 0 Å². The van der Waals surface area contributed by atoms with Crippen molar-refractivity contribution in [3.8, 4) is 11.5 Å². The van der Waals surface area contributed by atoms with Crippen molar-refractivity contribution in [1.82, 2.24) is 0 Å². The highest BCUT2D eigenvalue weighted by atomic mass is 16.5. The highest BCUT2D eigenvalue weighted by Crippen LogP contribution is 2.26. The van der Waals surface area contributed by atoms with Crippen LogP contribution < -0.4 is 4.74 Å². The van der Waals surface area contributed by atoms with E-state index in [9.17, 15) is 10.0 Å². The maximum atomic E-state index is 11.0. The molecular formula is C18H19NO3. The summed E-state index contributed by atoms with van der Waals surface area (Å²) in [7, 11) is 1.50. The summed E-state index contributed by atoms with van der Waals surface area (Å²) in [4.78, 5) is 11.0. The predicted octanol–water partition coefficient (Wildman–Crippen LogP) is 4.18. The largest absolute Gasteiger partial charge is 0.504 e. The number of nitroso groups, excluding NO2 is 1. The normalized spacial score (nSPS) is 12.2. The average Bonchev–Trinajstić information content (AvgIpc) is 2.57. The monoisotopic (exact) mass is 297 g/mol. The van der Waals surface area contributed by atoms with Crippen LogP contribution in [0.1, 0.15) is 17.5 Å². The summed E-state index contributed by atoms with van der Waals surface area (Å²) in [5.74, 6) is 0.496. The van der Waals surface area contributed by atoms with Crippen LogP contribution in [0.25, 0.3) is 6.08 Å². The van der Waals surface area contributed by atoms with Gasteiger partial charge in [0, 0.05) is 0 Å². The molecule has 0 fully saturated rings. The SMILES string of the molecule is COc1cc(C=CC(CCc2ccccc2)N=O)ccc1O. The fourth-order valence-electron chi connectivity index (χ4n) is 2.16. The molecule has 0 spiro atoms. The van der Waals surface area contributed by atoms with Crippen LogP contribution in [0.5, 0.6) is 11.5 Å². The molecule has 0 saturated heterocycles. The average molecular weight is 297 g/mol. The number of nitrogens with zero attached hydrogens (tertiary/aromatic N) is 1. The Kier molecular flexibility index (Phi) is 5.72. The fourth-order valence-corrected chi connectivity index (χ4v) is 2.16. The van der Waals surface area contributed by atoms with Gasteiger partial charge in [-0.05, 0) is 36.1 Å². The van der Waals surface area contributed by atoms with E-state index in [1.807, 2.05) is 36.4 Å². The number of hydrogen-bond donors (Lipinski definition) is 1. The van der Waals surface area contributed by atoms with E-state index in [-0.39, 0.29) is 11.8 Å². The number of phenols is 1. The van der Waals surface area contributed by atoms with Gasteiger partial charge in [-0.25, -0.2) is 0 Å². The maximum absolute atomic E-state index is 11.0. The summed E-state index contributed by atoms with van der Waals surface area (Å²) in [6, 6.07) is 14.7. The van der Waals surface area contributed by atoms with Crippen molar-refractivity contribution in [2.45, 2.75) is 18.9 Å². The summed E-state index contributed by atoms with van der Waals surface area (Å²) in [5, 5.41) is 12.7. The highest BCUT2D eigenvalue weighted by molar-refractivity contribution is 5.56. The molecule has 22 heavy (non-hydrogen) atoms. The van der Waals surface area contributed by atoms with Crippen molar-refractivity contribution < 1.29 is 9.84 Å². The maximum Gasteiger partial charge on any atom is 0.161 e. The number of ether oxygens (including phenoxy) is 1. The van der Waals surface area contributed by atoms with E-state index >= 15 is 0 Å². The van der Waals surface area contributed by atoms with Gasteiger partial charge in [0.1, 0.15) is 6.04 Å². The molecule has 0 aliphatic carbocycles. The minimum absolute atomic E-state index is 0.0915. The molecule has 114 valence electrons. The first-order valence-electron chi connectivity index (χ1n) is 7.14. The molecule has 1 atom stereocenters. The molecule has 0 aromatic heterocycles. The van der Waals surface area contributed by atoms with Gasteiger partial charge in [-0.3, -0.25) is 0 Å². The standard InChI is InChI=1S/C18H19NO3/c1-22-18-13-15(9-12-17(18)20)8-11-16(19-21)10-7-14-5-3-2-4-6-14/h2-6,8-9,11-13,16,20H,7,10H2,1H3. The summed E-state index contributed by atoms with van der Waals surface area (Å²) >= 11 is 0. The van der Waals surface area contributed by atoms with Gasteiger partial charge in [0.05, 0.1) is 7.11 Å². The summed E-state index contributed by atoms with van der Waals surface area (Å²) in [6.45, 7) is 0. The molecule has 0 aliphatic rings. The Balaban J connectivity index is 1.98. The molecule has 0 saturated carbocycles. The first kappa shape index (κ1) is 15.8. The van der Waals surface area contributed by atoms with Gasteiger partial charge in [-0.2, -0.15) is 4.91 Å². The van der Waals surface area contributed by atoms with Crippen molar-refractivity contribution in [2.75, 3.05) is 7.11 Å². The van der Waals surface area contributed by atoms with Crippen LogP contribution in [-0.4, -0.2) is 18.3 Å². The minimum atomic E-state index is -0.375. The first-order valence-corrected chi connectivity index (χ1v) is 7.14. The van der Waals surface area contributed by atoms with Crippen LogP contribution in [0.3, 0.4) is 0 Å².